The molecule has 3 heterocycles. The Hall–Kier alpha value is -2.40. The van der Waals surface area contributed by atoms with E-state index in [1.54, 1.807) is 4.90 Å². The summed E-state index contributed by atoms with van der Waals surface area (Å²) in [6.45, 7) is 1.11. The van der Waals surface area contributed by atoms with Crippen LogP contribution in [-0.4, -0.2) is 42.2 Å². The van der Waals surface area contributed by atoms with Crippen molar-refractivity contribution < 1.29 is 9.90 Å². The van der Waals surface area contributed by atoms with E-state index in [1.807, 2.05) is 19.4 Å². The fourth-order valence-electron chi connectivity index (χ4n) is 4.05. The van der Waals surface area contributed by atoms with Crippen LogP contribution < -0.4 is 9.80 Å². The third-order valence-corrected chi connectivity index (χ3v) is 5.39. The number of fused-ring (bicyclic) bond motifs is 1. The van der Waals surface area contributed by atoms with E-state index >= 15 is 0 Å². The zero-order valence-electron chi connectivity index (χ0n) is 14.5. The first-order valence-electron chi connectivity index (χ1n) is 8.90. The Morgan fingerprint density at radius 2 is 2.16 bits per heavy atom. The minimum atomic E-state index is 0.156. The lowest BCUT2D eigenvalue weighted by molar-refractivity contribution is -0.118. The second-order valence-electron chi connectivity index (χ2n) is 6.87. The van der Waals surface area contributed by atoms with Gasteiger partial charge in [0.1, 0.15) is 0 Å². The lowest BCUT2D eigenvalue weighted by atomic mass is 9.94. The quantitative estimate of drug-likeness (QED) is 0.935. The zero-order chi connectivity index (χ0) is 17.4. The first kappa shape index (κ1) is 16.1. The molecule has 2 aliphatic rings. The topological polar surface area (TPSA) is 56.7 Å². The predicted octanol–water partition coefficient (Wildman–Crippen LogP) is 2.62. The average molecular weight is 337 g/mol. The first-order valence-corrected chi connectivity index (χ1v) is 8.90. The van der Waals surface area contributed by atoms with E-state index in [0.29, 0.717) is 6.42 Å². The van der Waals surface area contributed by atoms with E-state index in [-0.39, 0.29) is 18.6 Å². The van der Waals surface area contributed by atoms with Crippen LogP contribution in [0.3, 0.4) is 0 Å². The number of pyridine rings is 1. The molecule has 25 heavy (non-hydrogen) atoms. The Morgan fingerprint density at radius 1 is 1.28 bits per heavy atom. The highest BCUT2D eigenvalue weighted by molar-refractivity contribution is 6.00. The van der Waals surface area contributed by atoms with Crippen molar-refractivity contribution >= 4 is 17.3 Å². The summed E-state index contributed by atoms with van der Waals surface area (Å²) in [6.07, 6.45) is 7.18. The fourth-order valence-corrected chi connectivity index (χ4v) is 4.05. The second kappa shape index (κ2) is 6.48. The smallest absolute Gasteiger partial charge is 0.227 e. The number of amides is 1. The summed E-state index contributed by atoms with van der Waals surface area (Å²) >= 11 is 0. The van der Waals surface area contributed by atoms with Gasteiger partial charge in [-0.15, -0.1) is 0 Å². The van der Waals surface area contributed by atoms with Gasteiger partial charge in [-0.2, -0.15) is 0 Å². The van der Waals surface area contributed by atoms with Gasteiger partial charge >= 0.3 is 0 Å². The maximum Gasteiger partial charge on any atom is 0.227 e. The van der Waals surface area contributed by atoms with Crippen LogP contribution >= 0.6 is 0 Å². The van der Waals surface area contributed by atoms with Crippen LogP contribution in [0.2, 0.25) is 0 Å². The summed E-state index contributed by atoms with van der Waals surface area (Å²) in [6, 6.07) is 8.51. The highest BCUT2D eigenvalue weighted by Crippen LogP contribution is 2.38. The summed E-state index contributed by atoms with van der Waals surface area (Å²) in [4.78, 5) is 20.6. The summed E-state index contributed by atoms with van der Waals surface area (Å²) in [5.74, 6) is 0.156. The molecule has 0 spiro atoms. The molecule has 5 heteroatoms. The number of benzene rings is 1. The summed E-state index contributed by atoms with van der Waals surface area (Å²) < 4.78 is 0. The highest BCUT2D eigenvalue weighted by atomic mass is 16.3. The minimum Gasteiger partial charge on any atom is -0.394 e. The van der Waals surface area contributed by atoms with Crippen molar-refractivity contribution in [3.63, 3.8) is 0 Å². The number of nitrogens with zero attached hydrogens (tertiary/aromatic N) is 3. The normalized spacial score (nSPS) is 20.1. The number of aliphatic hydroxyl groups excluding tert-OH is 1. The molecule has 1 N–H and O–H groups in total. The first-order chi connectivity index (χ1) is 12.2. The molecular weight excluding hydrogens is 314 g/mol. The van der Waals surface area contributed by atoms with Gasteiger partial charge in [0.15, 0.2) is 0 Å². The summed E-state index contributed by atoms with van der Waals surface area (Å²) in [5.41, 5.74) is 5.30. The monoisotopic (exact) mass is 337 g/mol. The molecule has 1 amide bonds. The maximum atomic E-state index is 12.2. The predicted molar refractivity (Wildman–Crippen MR) is 98.9 cm³/mol. The average Bonchev–Trinajstić information content (AvgIpc) is 3.13. The number of carbonyl (C=O) groups excluding carboxylic acids is 1. The van der Waals surface area contributed by atoms with Crippen molar-refractivity contribution in [2.45, 2.75) is 31.7 Å². The van der Waals surface area contributed by atoms with Gasteiger partial charge in [-0.3, -0.25) is 9.78 Å². The molecule has 0 aliphatic carbocycles. The number of carbonyl (C=O) groups is 1. The third kappa shape index (κ3) is 2.78. The van der Waals surface area contributed by atoms with Crippen LogP contribution in [-0.2, 0) is 11.2 Å². The van der Waals surface area contributed by atoms with E-state index in [0.717, 1.165) is 48.3 Å². The highest BCUT2D eigenvalue weighted by Gasteiger charge is 2.26. The number of aliphatic hydroxyl groups is 1. The van der Waals surface area contributed by atoms with E-state index in [9.17, 15) is 9.90 Å². The number of hydrogen-bond acceptors (Lipinski definition) is 4. The van der Waals surface area contributed by atoms with Gasteiger partial charge in [-0.05, 0) is 30.9 Å². The number of rotatable bonds is 3. The molecule has 1 atom stereocenters. The van der Waals surface area contributed by atoms with Gasteiger partial charge < -0.3 is 14.9 Å². The number of anilines is 2. The van der Waals surface area contributed by atoms with Gasteiger partial charge in [0.2, 0.25) is 5.91 Å². The lowest BCUT2D eigenvalue weighted by Gasteiger charge is -2.29. The van der Waals surface area contributed by atoms with Gasteiger partial charge in [0, 0.05) is 37.3 Å². The minimum absolute atomic E-state index is 0.156. The Kier molecular flexibility index (Phi) is 4.17. The van der Waals surface area contributed by atoms with Crippen molar-refractivity contribution in [3.05, 3.63) is 42.2 Å². The number of hydrogen-bond donors (Lipinski definition) is 1. The standard InChI is InChI=1S/C20H23N3O2/c1-22-19(25)8-7-14-4-2-6-18(20(14)22)15-10-17(12-21-11-15)23-9-3-5-16(23)13-24/h2,4,6,10-12,16,24H,3,5,7-9,13H2,1H3/t16-/m1/s1. The number of aromatic nitrogens is 1. The largest absolute Gasteiger partial charge is 0.394 e. The Labute approximate surface area is 147 Å². The lowest BCUT2D eigenvalue weighted by Crippen LogP contribution is -2.32. The molecule has 2 aromatic rings. The Morgan fingerprint density at radius 3 is 3.00 bits per heavy atom. The molecule has 1 fully saturated rings. The maximum absolute atomic E-state index is 12.2. The molecule has 5 nitrogen and oxygen atoms in total. The van der Waals surface area contributed by atoms with Crippen molar-refractivity contribution in [2.75, 3.05) is 30.0 Å². The molecule has 1 saturated heterocycles. The molecule has 0 radical (unpaired) electrons. The Balaban J connectivity index is 1.77. The van der Waals surface area contributed by atoms with Crippen LogP contribution in [0.1, 0.15) is 24.8 Å². The number of para-hydroxylation sites is 1. The van der Waals surface area contributed by atoms with Crippen molar-refractivity contribution in [3.8, 4) is 11.1 Å². The van der Waals surface area contributed by atoms with Crippen LogP contribution in [0.15, 0.2) is 36.7 Å². The molecule has 0 unspecified atom stereocenters. The van der Waals surface area contributed by atoms with E-state index in [1.165, 1.54) is 5.56 Å². The number of aryl methyl sites for hydroxylation is 1. The molecule has 0 bridgehead atoms. The summed E-state index contributed by atoms with van der Waals surface area (Å²) in [7, 11) is 1.85. The Bertz CT molecular complexity index is 805. The molecule has 4 rings (SSSR count). The molecule has 130 valence electrons. The zero-order valence-corrected chi connectivity index (χ0v) is 14.5. The van der Waals surface area contributed by atoms with Gasteiger partial charge in [-0.25, -0.2) is 0 Å². The van der Waals surface area contributed by atoms with Crippen LogP contribution in [0, 0.1) is 0 Å². The molecular formula is C20H23N3O2. The van der Waals surface area contributed by atoms with Gasteiger partial charge in [0.05, 0.1) is 30.2 Å². The van der Waals surface area contributed by atoms with Crippen molar-refractivity contribution in [1.29, 1.82) is 0 Å². The molecule has 0 saturated carbocycles. The van der Waals surface area contributed by atoms with E-state index in [2.05, 4.69) is 34.1 Å². The third-order valence-electron chi connectivity index (χ3n) is 5.39. The van der Waals surface area contributed by atoms with Crippen molar-refractivity contribution in [1.82, 2.24) is 4.98 Å². The van der Waals surface area contributed by atoms with E-state index in [4.69, 9.17) is 0 Å². The fraction of sp³-hybridized carbons (Fsp3) is 0.400. The van der Waals surface area contributed by atoms with Crippen LogP contribution in [0.25, 0.3) is 11.1 Å². The second-order valence-corrected chi connectivity index (χ2v) is 6.87. The van der Waals surface area contributed by atoms with Crippen LogP contribution in [0.4, 0.5) is 11.4 Å². The molecule has 1 aromatic carbocycles. The van der Waals surface area contributed by atoms with Crippen LogP contribution in [0.5, 0.6) is 0 Å². The molecule has 1 aromatic heterocycles. The summed E-state index contributed by atoms with van der Waals surface area (Å²) in [5, 5.41) is 9.60. The molecule has 2 aliphatic heterocycles. The van der Waals surface area contributed by atoms with Crippen molar-refractivity contribution in [2.24, 2.45) is 0 Å². The van der Waals surface area contributed by atoms with Gasteiger partial charge in [0.25, 0.3) is 0 Å². The van der Waals surface area contributed by atoms with E-state index < -0.39 is 0 Å². The van der Waals surface area contributed by atoms with Gasteiger partial charge in [-0.1, -0.05) is 18.2 Å². The SMILES string of the molecule is CN1C(=O)CCc2cccc(-c3cncc(N4CCC[C@@H]4CO)c3)c21.